The molecule has 0 aromatic heterocycles. The van der Waals surface area contributed by atoms with Gasteiger partial charge in [0.15, 0.2) is 0 Å². The van der Waals surface area contributed by atoms with Crippen molar-refractivity contribution in [2.24, 2.45) is 5.92 Å². The van der Waals surface area contributed by atoms with Crippen molar-refractivity contribution in [2.45, 2.75) is 82.8 Å². The third kappa shape index (κ3) is 3.94. The van der Waals surface area contributed by atoms with Gasteiger partial charge in [-0.3, -0.25) is 9.59 Å². The van der Waals surface area contributed by atoms with Crippen molar-refractivity contribution in [2.75, 3.05) is 6.54 Å². The average Bonchev–Trinajstić information content (AvgIpc) is 2.71. The smallest absolute Gasteiger partial charge is 0.250 e. The highest BCUT2D eigenvalue weighted by Gasteiger charge is 2.45. The van der Waals surface area contributed by atoms with E-state index in [1.807, 2.05) is 34.1 Å². The molecule has 1 heterocycles. The third-order valence-electron chi connectivity index (χ3n) is 6.97. The second-order valence-electron chi connectivity index (χ2n) is 8.93. The van der Waals surface area contributed by atoms with Gasteiger partial charge in [0.1, 0.15) is 12.6 Å². The SMILES string of the molecule is CC1CCC(N2C(=O)CN(C3CCCCC3)C(=O)[C@@H]2c2ccc(Cl)cc2)CC1. The second kappa shape index (κ2) is 8.44. The molecule has 1 aromatic carbocycles. The summed E-state index contributed by atoms with van der Waals surface area (Å²) in [6, 6.07) is 7.38. The molecular formula is C23H31ClN2O2. The Morgan fingerprint density at radius 2 is 1.50 bits per heavy atom. The van der Waals surface area contributed by atoms with E-state index >= 15 is 0 Å². The summed E-state index contributed by atoms with van der Waals surface area (Å²) in [6.07, 6.45) is 9.82. The van der Waals surface area contributed by atoms with Gasteiger partial charge in [0, 0.05) is 17.1 Å². The number of benzene rings is 1. The molecule has 1 atom stereocenters. The van der Waals surface area contributed by atoms with Crippen molar-refractivity contribution in [3.8, 4) is 0 Å². The first-order valence-electron chi connectivity index (χ1n) is 10.9. The van der Waals surface area contributed by atoms with Crippen LogP contribution < -0.4 is 0 Å². The molecule has 0 unspecified atom stereocenters. The van der Waals surface area contributed by atoms with Crippen molar-refractivity contribution in [1.29, 1.82) is 0 Å². The summed E-state index contributed by atoms with van der Waals surface area (Å²) >= 11 is 6.09. The maximum atomic E-state index is 13.7. The molecule has 152 valence electrons. The average molecular weight is 403 g/mol. The Balaban J connectivity index is 1.65. The van der Waals surface area contributed by atoms with Crippen molar-refractivity contribution >= 4 is 23.4 Å². The van der Waals surface area contributed by atoms with Gasteiger partial charge in [-0.05, 0) is 62.1 Å². The van der Waals surface area contributed by atoms with Gasteiger partial charge < -0.3 is 9.80 Å². The summed E-state index contributed by atoms with van der Waals surface area (Å²) in [5.74, 6) is 0.927. The number of nitrogens with zero attached hydrogens (tertiary/aromatic N) is 2. The van der Waals surface area contributed by atoms with Crippen LogP contribution in [-0.4, -0.2) is 40.2 Å². The number of carbonyl (C=O) groups is 2. The second-order valence-corrected chi connectivity index (χ2v) is 9.36. The molecule has 3 aliphatic rings. The van der Waals surface area contributed by atoms with Gasteiger partial charge >= 0.3 is 0 Å². The first-order chi connectivity index (χ1) is 13.5. The quantitative estimate of drug-likeness (QED) is 0.716. The summed E-state index contributed by atoms with van der Waals surface area (Å²) in [7, 11) is 0. The van der Waals surface area contributed by atoms with E-state index in [-0.39, 0.29) is 30.4 Å². The third-order valence-corrected chi connectivity index (χ3v) is 7.22. The first-order valence-corrected chi connectivity index (χ1v) is 11.3. The van der Waals surface area contributed by atoms with Crippen molar-refractivity contribution in [1.82, 2.24) is 9.80 Å². The fourth-order valence-corrected chi connectivity index (χ4v) is 5.44. The molecule has 2 saturated carbocycles. The van der Waals surface area contributed by atoms with Crippen LogP contribution in [0.2, 0.25) is 5.02 Å². The van der Waals surface area contributed by atoms with E-state index in [1.54, 1.807) is 0 Å². The first kappa shape index (κ1) is 19.8. The minimum absolute atomic E-state index is 0.104. The molecule has 4 rings (SSSR count). The number of hydrogen-bond acceptors (Lipinski definition) is 2. The van der Waals surface area contributed by atoms with Gasteiger partial charge in [0.2, 0.25) is 5.91 Å². The predicted octanol–water partition coefficient (Wildman–Crippen LogP) is 4.96. The van der Waals surface area contributed by atoms with Crippen LogP contribution in [0.1, 0.15) is 76.3 Å². The number of rotatable bonds is 3. The zero-order chi connectivity index (χ0) is 19.7. The molecule has 0 radical (unpaired) electrons. The summed E-state index contributed by atoms with van der Waals surface area (Å²) in [6.45, 7) is 2.53. The zero-order valence-corrected chi connectivity index (χ0v) is 17.5. The molecule has 2 amide bonds. The zero-order valence-electron chi connectivity index (χ0n) is 16.8. The summed E-state index contributed by atoms with van der Waals surface area (Å²) < 4.78 is 0. The molecular weight excluding hydrogens is 372 g/mol. The van der Waals surface area contributed by atoms with Crippen LogP contribution >= 0.6 is 11.6 Å². The Labute approximate surface area is 173 Å². The largest absolute Gasteiger partial charge is 0.328 e. The molecule has 1 aromatic rings. The van der Waals surface area contributed by atoms with Crippen LogP contribution in [0.25, 0.3) is 0 Å². The van der Waals surface area contributed by atoms with Crippen molar-refractivity contribution < 1.29 is 9.59 Å². The Hall–Kier alpha value is -1.55. The molecule has 3 fully saturated rings. The Kier molecular flexibility index (Phi) is 5.96. The Morgan fingerprint density at radius 1 is 0.857 bits per heavy atom. The minimum atomic E-state index is -0.501. The van der Waals surface area contributed by atoms with Gasteiger partial charge in [-0.2, -0.15) is 0 Å². The standard InChI is InChI=1S/C23H31ClN2O2/c1-16-7-13-20(14-8-16)26-21(27)15-25(19-5-3-2-4-6-19)23(28)22(26)17-9-11-18(24)12-10-17/h9-12,16,19-20,22H,2-8,13-15H2,1H3/t16?,20?,22-/m0/s1. The van der Waals surface area contributed by atoms with E-state index in [0.717, 1.165) is 56.9 Å². The highest BCUT2D eigenvalue weighted by molar-refractivity contribution is 6.30. The number of halogens is 1. The van der Waals surface area contributed by atoms with Gasteiger partial charge in [-0.15, -0.1) is 0 Å². The number of carbonyl (C=O) groups excluding carboxylic acids is 2. The maximum Gasteiger partial charge on any atom is 0.250 e. The molecule has 4 nitrogen and oxygen atoms in total. The molecule has 5 heteroatoms. The van der Waals surface area contributed by atoms with Crippen LogP contribution in [-0.2, 0) is 9.59 Å². The highest BCUT2D eigenvalue weighted by atomic mass is 35.5. The fourth-order valence-electron chi connectivity index (χ4n) is 5.31. The van der Waals surface area contributed by atoms with E-state index in [1.165, 1.54) is 6.42 Å². The van der Waals surface area contributed by atoms with Crippen LogP contribution in [0.15, 0.2) is 24.3 Å². The normalized spacial score (nSPS) is 30.0. The molecule has 0 spiro atoms. The molecule has 0 N–H and O–H groups in total. The minimum Gasteiger partial charge on any atom is -0.328 e. The van der Waals surface area contributed by atoms with E-state index in [9.17, 15) is 9.59 Å². The highest BCUT2D eigenvalue weighted by Crippen LogP contribution is 2.38. The van der Waals surface area contributed by atoms with Gasteiger partial charge in [-0.1, -0.05) is 49.9 Å². The summed E-state index contributed by atoms with van der Waals surface area (Å²) in [4.78, 5) is 30.8. The summed E-state index contributed by atoms with van der Waals surface area (Å²) in [5, 5.41) is 0.653. The van der Waals surface area contributed by atoms with Crippen LogP contribution in [0.5, 0.6) is 0 Å². The molecule has 28 heavy (non-hydrogen) atoms. The molecule has 1 saturated heterocycles. The number of piperazine rings is 1. The lowest BCUT2D eigenvalue weighted by Gasteiger charge is -2.48. The van der Waals surface area contributed by atoms with E-state index < -0.39 is 6.04 Å². The molecule has 0 bridgehead atoms. The summed E-state index contributed by atoms with van der Waals surface area (Å²) in [5.41, 5.74) is 0.891. The Morgan fingerprint density at radius 3 is 2.14 bits per heavy atom. The number of hydrogen-bond donors (Lipinski definition) is 0. The topological polar surface area (TPSA) is 40.6 Å². The van der Waals surface area contributed by atoms with Gasteiger partial charge in [0.05, 0.1) is 0 Å². The van der Waals surface area contributed by atoms with Crippen LogP contribution in [0, 0.1) is 5.92 Å². The van der Waals surface area contributed by atoms with Gasteiger partial charge in [-0.25, -0.2) is 0 Å². The number of amides is 2. The van der Waals surface area contributed by atoms with Crippen molar-refractivity contribution in [3.63, 3.8) is 0 Å². The monoisotopic (exact) mass is 402 g/mol. The van der Waals surface area contributed by atoms with Crippen LogP contribution in [0.3, 0.4) is 0 Å². The Bertz CT molecular complexity index is 706. The van der Waals surface area contributed by atoms with Gasteiger partial charge in [0.25, 0.3) is 5.91 Å². The van der Waals surface area contributed by atoms with Crippen LogP contribution in [0.4, 0.5) is 0 Å². The van der Waals surface area contributed by atoms with E-state index in [2.05, 4.69) is 6.92 Å². The lowest BCUT2D eigenvalue weighted by molar-refractivity contribution is -0.162. The molecule has 1 aliphatic heterocycles. The molecule has 2 aliphatic carbocycles. The lowest BCUT2D eigenvalue weighted by Crippen LogP contribution is -2.61. The fraction of sp³-hybridized carbons (Fsp3) is 0.652. The lowest BCUT2D eigenvalue weighted by atomic mass is 9.84. The van der Waals surface area contributed by atoms with Crippen molar-refractivity contribution in [3.05, 3.63) is 34.9 Å². The van der Waals surface area contributed by atoms with E-state index in [4.69, 9.17) is 11.6 Å². The predicted molar refractivity (Wildman–Crippen MR) is 111 cm³/mol. The van der Waals surface area contributed by atoms with E-state index in [0.29, 0.717) is 10.9 Å². The maximum absolute atomic E-state index is 13.7.